The molecule has 24 heavy (non-hydrogen) atoms. The van der Waals surface area contributed by atoms with Gasteiger partial charge in [-0.15, -0.1) is 11.3 Å². The molecule has 1 aliphatic rings. The van der Waals surface area contributed by atoms with Gasteiger partial charge in [-0.1, -0.05) is 38.3 Å². The average molecular weight is 372 g/mol. The van der Waals surface area contributed by atoms with Crippen molar-refractivity contribution in [2.75, 3.05) is 6.54 Å². The first-order chi connectivity index (χ1) is 11.4. The molecule has 0 aliphatic carbocycles. The largest absolute Gasteiger partial charge is 0.350 e. The predicted octanol–water partition coefficient (Wildman–Crippen LogP) is 2.91. The molecule has 1 fully saturated rings. The van der Waals surface area contributed by atoms with Gasteiger partial charge in [-0.2, -0.15) is 0 Å². The van der Waals surface area contributed by atoms with Gasteiger partial charge in [0.25, 0.3) is 5.91 Å². The topological polar surface area (TPSA) is 78.5 Å². The molecule has 2 N–H and O–H groups in total. The van der Waals surface area contributed by atoms with Crippen molar-refractivity contribution in [3.8, 4) is 0 Å². The summed E-state index contributed by atoms with van der Waals surface area (Å²) in [5.41, 5.74) is -0.859. The Morgan fingerprint density at radius 1 is 1.29 bits per heavy atom. The molecule has 4 amide bonds. The van der Waals surface area contributed by atoms with E-state index >= 15 is 0 Å². The van der Waals surface area contributed by atoms with E-state index in [1.54, 1.807) is 6.07 Å². The summed E-state index contributed by atoms with van der Waals surface area (Å²) in [6, 6.07) is 3.10. The normalized spacial score (nSPS) is 16.4. The Morgan fingerprint density at radius 3 is 2.50 bits per heavy atom. The Balaban J connectivity index is 1.97. The summed E-state index contributed by atoms with van der Waals surface area (Å²) in [5, 5.41) is 5.50. The molecule has 1 saturated heterocycles. The summed E-state index contributed by atoms with van der Waals surface area (Å²) >= 11 is 7.22. The number of amides is 4. The van der Waals surface area contributed by atoms with Crippen molar-refractivity contribution in [1.29, 1.82) is 0 Å². The lowest BCUT2D eigenvalue weighted by Gasteiger charge is -2.25. The van der Waals surface area contributed by atoms with E-state index < -0.39 is 11.6 Å². The van der Waals surface area contributed by atoms with E-state index in [1.807, 2.05) is 19.9 Å². The van der Waals surface area contributed by atoms with Gasteiger partial charge < -0.3 is 10.6 Å². The summed E-state index contributed by atoms with van der Waals surface area (Å²) < 4.78 is 0.650. The number of rotatable bonds is 8. The third kappa shape index (κ3) is 4.08. The van der Waals surface area contributed by atoms with Gasteiger partial charge in [-0.3, -0.25) is 14.5 Å². The lowest BCUT2D eigenvalue weighted by molar-refractivity contribution is -0.135. The molecule has 6 nitrogen and oxygen atoms in total. The van der Waals surface area contributed by atoms with Crippen LogP contribution in [0, 0.1) is 0 Å². The van der Waals surface area contributed by atoms with Crippen LogP contribution in [0.3, 0.4) is 0 Å². The molecule has 8 heteroatoms. The third-order valence-electron chi connectivity index (χ3n) is 3.99. The smallest absolute Gasteiger partial charge is 0.325 e. The number of hydrogen-bond donors (Lipinski definition) is 2. The Kier molecular flexibility index (Phi) is 6.23. The number of hydrogen-bond acceptors (Lipinski definition) is 4. The Labute approximate surface area is 150 Å². The molecule has 0 aromatic carbocycles. The molecule has 0 saturated carbocycles. The number of carbonyl (C=O) groups excluding carboxylic acids is 3. The van der Waals surface area contributed by atoms with Gasteiger partial charge in [0, 0.05) is 4.88 Å². The van der Waals surface area contributed by atoms with Gasteiger partial charge >= 0.3 is 6.03 Å². The minimum atomic E-state index is -0.859. The van der Waals surface area contributed by atoms with Gasteiger partial charge in [-0.05, 0) is 25.0 Å². The Morgan fingerprint density at radius 2 is 1.96 bits per heavy atom. The number of nitrogens with one attached hydrogen (secondary N) is 2. The van der Waals surface area contributed by atoms with E-state index in [2.05, 4.69) is 10.6 Å². The van der Waals surface area contributed by atoms with Crippen molar-refractivity contribution in [1.82, 2.24) is 15.5 Å². The van der Waals surface area contributed by atoms with Gasteiger partial charge in [-0.25, -0.2) is 4.79 Å². The van der Waals surface area contributed by atoms with Crippen molar-refractivity contribution in [2.24, 2.45) is 0 Å². The van der Waals surface area contributed by atoms with Crippen LogP contribution in [0.5, 0.6) is 0 Å². The van der Waals surface area contributed by atoms with Crippen LogP contribution in [0.25, 0.3) is 0 Å². The molecule has 2 heterocycles. The third-order valence-corrected chi connectivity index (χ3v) is 5.22. The summed E-state index contributed by atoms with van der Waals surface area (Å²) in [6.07, 6.45) is 2.73. The maximum absolute atomic E-state index is 12.7. The quantitative estimate of drug-likeness (QED) is 0.689. The van der Waals surface area contributed by atoms with Gasteiger partial charge in [0.2, 0.25) is 5.91 Å². The van der Waals surface area contributed by atoms with E-state index in [4.69, 9.17) is 11.6 Å². The molecule has 0 bridgehead atoms. The minimum Gasteiger partial charge on any atom is -0.350 e. The predicted molar refractivity (Wildman–Crippen MR) is 94.0 cm³/mol. The van der Waals surface area contributed by atoms with Crippen molar-refractivity contribution in [3.05, 3.63) is 21.3 Å². The molecule has 0 spiro atoms. The Bertz CT molecular complexity index is 626. The van der Waals surface area contributed by atoms with E-state index in [0.29, 0.717) is 23.7 Å². The summed E-state index contributed by atoms with van der Waals surface area (Å²) in [6.45, 7) is 4.00. The van der Waals surface area contributed by atoms with Crippen LogP contribution in [0.1, 0.15) is 44.4 Å². The second-order valence-corrected chi connectivity index (χ2v) is 7.69. The summed E-state index contributed by atoms with van der Waals surface area (Å²) in [4.78, 5) is 38.9. The van der Waals surface area contributed by atoms with E-state index in [1.165, 1.54) is 11.3 Å². The zero-order valence-electron chi connectivity index (χ0n) is 13.9. The van der Waals surface area contributed by atoms with Crippen LogP contribution < -0.4 is 10.6 Å². The number of thiophene rings is 1. The second kappa shape index (κ2) is 7.98. The maximum Gasteiger partial charge on any atom is 0.325 e. The first kappa shape index (κ1) is 18.7. The molecule has 0 radical (unpaired) electrons. The first-order valence-electron chi connectivity index (χ1n) is 8.07. The van der Waals surface area contributed by atoms with E-state index in [9.17, 15) is 14.4 Å². The van der Waals surface area contributed by atoms with Crippen molar-refractivity contribution < 1.29 is 14.4 Å². The first-order valence-corrected chi connectivity index (χ1v) is 9.26. The number of nitrogens with zero attached hydrogens (tertiary/aromatic N) is 1. The van der Waals surface area contributed by atoms with Crippen LogP contribution in [0.15, 0.2) is 12.1 Å². The zero-order chi connectivity index (χ0) is 17.7. The minimum absolute atomic E-state index is 0.265. The van der Waals surface area contributed by atoms with Gasteiger partial charge in [0.05, 0.1) is 10.9 Å². The van der Waals surface area contributed by atoms with Crippen LogP contribution in [0.4, 0.5) is 4.79 Å². The average Bonchev–Trinajstić information content (AvgIpc) is 3.03. The molecule has 2 rings (SSSR count). The zero-order valence-corrected chi connectivity index (χ0v) is 15.4. The van der Waals surface area contributed by atoms with Gasteiger partial charge in [0.15, 0.2) is 0 Å². The summed E-state index contributed by atoms with van der Waals surface area (Å²) in [5.74, 6) is -0.669. The van der Waals surface area contributed by atoms with Crippen LogP contribution in [-0.4, -0.2) is 34.8 Å². The fourth-order valence-electron chi connectivity index (χ4n) is 2.97. The van der Waals surface area contributed by atoms with Crippen LogP contribution in [-0.2, 0) is 16.1 Å². The van der Waals surface area contributed by atoms with E-state index in [-0.39, 0.29) is 18.4 Å². The molecule has 0 unspecified atom stereocenters. The molecule has 0 atom stereocenters. The number of halogens is 1. The summed E-state index contributed by atoms with van der Waals surface area (Å²) in [7, 11) is 0. The van der Waals surface area contributed by atoms with Crippen molar-refractivity contribution >= 4 is 40.8 Å². The Hall–Kier alpha value is -1.60. The number of urea groups is 1. The van der Waals surface area contributed by atoms with Crippen molar-refractivity contribution in [3.63, 3.8) is 0 Å². The lowest BCUT2D eigenvalue weighted by atomic mass is 9.88. The van der Waals surface area contributed by atoms with Crippen molar-refractivity contribution in [2.45, 2.75) is 51.6 Å². The SMILES string of the molecule is CCCC1(CCC)NC(=O)N(CC(=O)NCc2ccc(Cl)s2)C1=O. The molecule has 1 aliphatic heterocycles. The molecule has 132 valence electrons. The standard InChI is InChI=1S/C16H22ClN3O3S/c1-3-7-16(8-4-2)14(22)20(15(23)19-16)10-13(21)18-9-11-5-6-12(17)24-11/h5-6H,3-4,7-10H2,1-2H3,(H,18,21)(H,19,23). The monoisotopic (exact) mass is 371 g/mol. The number of carbonyl (C=O) groups is 3. The highest BCUT2D eigenvalue weighted by molar-refractivity contribution is 7.16. The van der Waals surface area contributed by atoms with Gasteiger partial charge in [0.1, 0.15) is 12.1 Å². The molecular weight excluding hydrogens is 350 g/mol. The van der Waals surface area contributed by atoms with Crippen LogP contribution in [0.2, 0.25) is 4.34 Å². The lowest BCUT2D eigenvalue weighted by Crippen LogP contribution is -2.47. The molecule has 1 aromatic rings. The molecule has 1 aromatic heterocycles. The highest BCUT2D eigenvalue weighted by Crippen LogP contribution is 2.28. The molecular formula is C16H22ClN3O3S. The highest BCUT2D eigenvalue weighted by Gasteiger charge is 2.50. The van der Waals surface area contributed by atoms with Crippen LogP contribution >= 0.6 is 22.9 Å². The highest BCUT2D eigenvalue weighted by atomic mass is 35.5. The maximum atomic E-state index is 12.7. The number of imide groups is 1. The fourth-order valence-corrected chi connectivity index (χ4v) is 4.00. The second-order valence-electron chi connectivity index (χ2n) is 5.89. The van der Waals surface area contributed by atoms with E-state index in [0.717, 1.165) is 22.6 Å². The fraction of sp³-hybridized carbons (Fsp3) is 0.562.